The van der Waals surface area contributed by atoms with Crippen molar-refractivity contribution in [2.45, 2.75) is 57.3 Å². The van der Waals surface area contributed by atoms with E-state index in [2.05, 4.69) is 0 Å². The molecule has 0 spiro atoms. The Morgan fingerprint density at radius 2 is 1.74 bits per heavy atom. The third kappa shape index (κ3) is 3.48. The van der Waals surface area contributed by atoms with Crippen molar-refractivity contribution in [2.75, 3.05) is 7.11 Å². The Labute approximate surface area is 115 Å². The van der Waals surface area contributed by atoms with Crippen molar-refractivity contribution in [1.82, 2.24) is 0 Å². The maximum absolute atomic E-state index is 10.7. The predicted molar refractivity (Wildman–Crippen MR) is 75.4 cm³/mol. The van der Waals surface area contributed by atoms with Gasteiger partial charge in [0.15, 0.2) is 0 Å². The second-order valence-corrected chi connectivity index (χ2v) is 5.66. The highest BCUT2D eigenvalue weighted by atomic mass is 16.5. The molecule has 0 heterocycles. The van der Waals surface area contributed by atoms with Crippen LogP contribution in [-0.2, 0) is 10.3 Å². The Morgan fingerprint density at radius 1 is 1.16 bits per heavy atom. The summed E-state index contributed by atoms with van der Waals surface area (Å²) < 4.78 is 11.0. The average molecular weight is 264 g/mol. The minimum atomic E-state index is -0.703. The van der Waals surface area contributed by atoms with Crippen LogP contribution in [0.25, 0.3) is 0 Å². The van der Waals surface area contributed by atoms with Crippen molar-refractivity contribution < 1.29 is 14.6 Å². The van der Waals surface area contributed by atoms with Gasteiger partial charge in [-0.05, 0) is 57.2 Å². The fourth-order valence-corrected chi connectivity index (χ4v) is 2.71. The summed E-state index contributed by atoms with van der Waals surface area (Å²) in [5.74, 6) is 0.855. The zero-order chi connectivity index (χ0) is 13.9. The number of aliphatic hydroxyl groups is 1. The predicted octanol–water partition coefficient (Wildman–Crippen LogP) is 3.25. The third-order valence-electron chi connectivity index (χ3n) is 3.86. The van der Waals surface area contributed by atoms with Crippen LogP contribution in [0, 0.1) is 0 Å². The number of rotatable bonds is 4. The minimum absolute atomic E-state index is 0.172. The number of benzene rings is 1. The van der Waals surface area contributed by atoms with Gasteiger partial charge < -0.3 is 14.6 Å². The second-order valence-electron chi connectivity index (χ2n) is 5.66. The zero-order valence-corrected chi connectivity index (χ0v) is 12.1. The van der Waals surface area contributed by atoms with Crippen LogP contribution >= 0.6 is 0 Å². The maximum atomic E-state index is 10.7. The molecule has 0 unspecified atom stereocenters. The molecule has 2 rings (SSSR count). The molecule has 0 bridgehead atoms. The first kappa shape index (κ1) is 14.4. The van der Waals surface area contributed by atoms with Crippen molar-refractivity contribution in [3.05, 3.63) is 29.8 Å². The van der Waals surface area contributed by atoms with E-state index in [4.69, 9.17) is 9.47 Å². The normalized spacial score (nSPS) is 27.5. The lowest BCUT2D eigenvalue weighted by Gasteiger charge is -2.36. The van der Waals surface area contributed by atoms with Gasteiger partial charge in [-0.25, -0.2) is 0 Å². The molecular weight excluding hydrogens is 240 g/mol. The maximum Gasteiger partial charge on any atom is 0.119 e. The SMILES string of the molecule is COC1CCC(O)(c2ccc(OC(C)C)cc2)CC1. The molecule has 1 aromatic carbocycles. The Kier molecular flexibility index (Phi) is 4.48. The van der Waals surface area contributed by atoms with Crippen molar-refractivity contribution in [3.8, 4) is 5.75 Å². The molecule has 1 saturated carbocycles. The smallest absolute Gasteiger partial charge is 0.119 e. The van der Waals surface area contributed by atoms with E-state index in [1.807, 2.05) is 38.1 Å². The molecule has 0 saturated heterocycles. The molecule has 0 atom stereocenters. The first-order chi connectivity index (χ1) is 9.03. The first-order valence-corrected chi connectivity index (χ1v) is 7.06. The lowest BCUT2D eigenvalue weighted by atomic mass is 9.78. The van der Waals surface area contributed by atoms with Crippen molar-refractivity contribution in [3.63, 3.8) is 0 Å². The van der Waals surface area contributed by atoms with Gasteiger partial charge in [-0.1, -0.05) is 12.1 Å². The molecule has 1 aliphatic carbocycles. The molecule has 3 nitrogen and oxygen atoms in total. The van der Waals surface area contributed by atoms with Crippen LogP contribution in [-0.4, -0.2) is 24.4 Å². The summed E-state index contributed by atoms with van der Waals surface area (Å²) in [4.78, 5) is 0. The molecule has 1 aromatic rings. The molecule has 19 heavy (non-hydrogen) atoms. The van der Waals surface area contributed by atoms with Gasteiger partial charge in [0, 0.05) is 7.11 Å². The van der Waals surface area contributed by atoms with Crippen LogP contribution in [0.4, 0.5) is 0 Å². The van der Waals surface area contributed by atoms with Crippen LogP contribution in [0.1, 0.15) is 45.1 Å². The number of methoxy groups -OCH3 is 1. The molecule has 0 amide bonds. The summed E-state index contributed by atoms with van der Waals surface area (Å²) in [6.07, 6.45) is 3.81. The highest BCUT2D eigenvalue weighted by Crippen LogP contribution is 2.38. The molecule has 0 aliphatic heterocycles. The topological polar surface area (TPSA) is 38.7 Å². The fraction of sp³-hybridized carbons (Fsp3) is 0.625. The monoisotopic (exact) mass is 264 g/mol. The second kappa shape index (κ2) is 5.93. The molecule has 1 N–H and O–H groups in total. The Morgan fingerprint density at radius 3 is 2.21 bits per heavy atom. The van der Waals surface area contributed by atoms with Gasteiger partial charge in [-0.15, -0.1) is 0 Å². The minimum Gasteiger partial charge on any atom is -0.491 e. The van der Waals surface area contributed by atoms with Crippen LogP contribution in [0.3, 0.4) is 0 Å². The number of hydrogen-bond donors (Lipinski definition) is 1. The Bertz CT molecular complexity index is 389. The lowest BCUT2D eigenvalue weighted by molar-refractivity contribution is -0.0474. The van der Waals surface area contributed by atoms with E-state index in [-0.39, 0.29) is 6.10 Å². The zero-order valence-electron chi connectivity index (χ0n) is 12.1. The van der Waals surface area contributed by atoms with Gasteiger partial charge >= 0.3 is 0 Å². The first-order valence-electron chi connectivity index (χ1n) is 7.06. The molecule has 1 fully saturated rings. The highest BCUT2D eigenvalue weighted by molar-refractivity contribution is 5.31. The van der Waals surface area contributed by atoms with Crippen LogP contribution in [0.2, 0.25) is 0 Å². The summed E-state index contributed by atoms with van der Waals surface area (Å²) in [5, 5.41) is 10.7. The molecule has 106 valence electrons. The molecule has 3 heteroatoms. The lowest BCUT2D eigenvalue weighted by Crippen LogP contribution is -2.33. The van der Waals surface area contributed by atoms with E-state index in [0.29, 0.717) is 6.10 Å². The summed E-state index contributed by atoms with van der Waals surface area (Å²) in [6.45, 7) is 4.01. The highest BCUT2D eigenvalue weighted by Gasteiger charge is 2.34. The average Bonchev–Trinajstić information content (AvgIpc) is 2.40. The molecule has 0 radical (unpaired) electrons. The number of ether oxygens (including phenoxy) is 2. The van der Waals surface area contributed by atoms with Gasteiger partial charge in [0.05, 0.1) is 17.8 Å². The van der Waals surface area contributed by atoms with Crippen molar-refractivity contribution in [1.29, 1.82) is 0 Å². The summed E-state index contributed by atoms with van der Waals surface area (Å²) in [5.41, 5.74) is 0.281. The summed E-state index contributed by atoms with van der Waals surface area (Å²) in [7, 11) is 1.74. The van der Waals surface area contributed by atoms with Gasteiger partial charge in [0.1, 0.15) is 5.75 Å². The van der Waals surface area contributed by atoms with E-state index in [1.54, 1.807) is 7.11 Å². The van der Waals surface area contributed by atoms with Gasteiger partial charge in [0.2, 0.25) is 0 Å². The number of hydrogen-bond acceptors (Lipinski definition) is 3. The van der Waals surface area contributed by atoms with Gasteiger partial charge in [-0.3, -0.25) is 0 Å². The molecular formula is C16H24O3. The van der Waals surface area contributed by atoms with Crippen molar-refractivity contribution in [2.24, 2.45) is 0 Å². The largest absolute Gasteiger partial charge is 0.491 e. The Hall–Kier alpha value is -1.06. The fourth-order valence-electron chi connectivity index (χ4n) is 2.71. The summed E-state index contributed by atoms with van der Waals surface area (Å²) in [6, 6.07) is 7.83. The van der Waals surface area contributed by atoms with Crippen LogP contribution in [0.5, 0.6) is 5.75 Å². The van der Waals surface area contributed by atoms with Gasteiger partial charge in [-0.2, -0.15) is 0 Å². The van der Waals surface area contributed by atoms with Crippen LogP contribution < -0.4 is 4.74 Å². The summed E-state index contributed by atoms with van der Waals surface area (Å²) >= 11 is 0. The standard InChI is InChI=1S/C16H24O3/c1-12(2)19-15-6-4-13(5-7-15)16(17)10-8-14(18-3)9-11-16/h4-7,12,14,17H,8-11H2,1-3H3. The molecule has 1 aliphatic rings. The quantitative estimate of drug-likeness (QED) is 0.907. The van der Waals surface area contributed by atoms with E-state index < -0.39 is 5.60 Å². The molecule has 0 aromatic heterocycles. The Balaban J connectivity index is 2.05. The van der Waals surface area contributed by atoms with E-state index >= 15 is 0 Å². The van der Waals surface area contributed by atoms with Gasteiger partial charge in [0.25, 0.3) is 0 Å². The third-order valence-corrected chi connectivity index (χ3v) is 3.86. The van der Waals surface area contributed by atoms with E-state index in [0.717, 1.165) is 37.0 Å². The van der Waals surface area contributed by atoms with Crippen molar-refractivity contribution >= 4 is 0 Å². The van der Waals surface area contributed by atoms with E-state index in [1.165, 1.54) is 0 Å². The van der Waals surface area contributed by atoms with Crippen LogP contribution in [0.15, 0.2) is 24.3 Å². The van der Waals surface area contributed by atoms with E-state index in [9.17, 15) is 5.11 Å².